The lowest BCUT2D eigenvalue weighted by Gasteiger charge is -2.48. The molecule has 2 aliphatic rings. The van der Waals surface area contributed by atoms with Gasteiger partial charge in [0.2, 0.25) is 0 Å². The van der Waals surface area contributed by atoms with Crippen LogP contribution < -0.4 is 5.73 Å². The van der Waals surface area contributed by atoms with Crippen molar-refractivity contribution in [1.82, 2.24) is 4.90 Å². The summed E-state index contributed by atoms with van der Waals surface area (Å²) < 4.78 is 0. The van der Waals surface area contributed by atoms with Crippen molar-refractivity contribution in [3.63, 3.8) is 0 Å². The number of hydrogen-bond donors (Lipinski definition) is 1. The summed E-state index contributed by atoms with van der Waals surface area (Å²) in [4.78, 5) is 2.84. The zero-order valence-corrected chi connectivity index (χ0v) is 14.7. The number of nitrogens with zero attached hydrogens (tertiary/aromatic N) is 1. The van der Waals surface area contributed by atoms with Crippen LogP contribution in [0.3, 0.4) is 0 Å². The van der Waals surface area contributed by atoms with E-state index in [1.165, 1.54) is 70.8 Å². The Morgan fingerprint density at radius 1 is 1.00 bits per heavy atom. The van der Waals surface area contributed by atoms with Gasteiger partial charge >= 0.3 is 0 Å². The van der Waals surface area contributed by atoms with E-state index in [9.17, 15) is 0 Å². The maximum atomic E-state index is 6.37. The molecule has 0 amide bonds. The van der Waals surface area contributed by atoms with E-state index in [4.69, 9.17) is 5.73 Å². The summed E-state index contributed by atoms with van der Waals surface area (Å²) in [6, 6.07) is 0.808. The number of nitrogens with two attached hydrogens (primary N) is 1. The Bertz CT molecular complexity index is 296. The first-order valence-corrected chi connectivity index (χ1v) is 9.60. The number of hydrogen-bond acceptors (Lipinski definition) is 2. The van der Waals surface area contributed by atoms with E-state index in [1.54, 1.807) is 0 Å². The van der Waals surface area contributed by atoms with Crippen molar-refractivity contribution in [1.29, 1.82) is 0 Å². The van der Waals surface area contributed by atoms with Crippen molar-refractivity contribution in [2.75, 3.05) is 13.1 Å². The van der Waals surface area contributed by atoms with Gasteiger partial charge in [0.15, 0.2) is 0 Å². The van der Waals surface area contributed by atoms with E-state index in [1.807, 2.05) is 0 Å². The van der Waals surface area contributed by atoms with Crippen LogP contribution in [0.4, 0.5) is 0 Å². The Morgan fingerprint density at radius 2 is 1.71 bits per heavy atom. The summed E-state index contributed by atoms with van der Waals surface area (Å²) in [7, 11) is 0. The molecule has 0 saturated heterocycles. The third-order valence-electron chi connectivity index (χ3n) is 6.49. The van der Waals surface area contributed by atoms with Crippen molar-refractivity contribution in [2.45, 2.75) is 96.6 Å². The predicted molar refractivity (Wildman–Crippen MR) is 92.5 cm³/mol. The van der Waals surface area contributed by atoms with Gasteiger partial charge in [0.1, 0.15) is 0 Å². The fourth-order valence-electron chi connectivity index (χ4n) is 5.07. The lowest BCUT2D eigenvalue weighted by Crippen LogP contribution is -2.58. The molecule has 0 aromatic heterocycles. The highest BCUT2D eigenvalue weighted by molar-refractivity contribution is 4.97. The second-order valence-corrected chi connectivity index (χ2v) is 7.94. The SMILES string of the molecule is CCN(C1CCCCC1)C1(CN)CCCC(C(C)C)CC1. The minimum atomic E-state index is 0.306. The van der Waals surface area contributed by atoms with E-state index >= 15 is 0 Å². The molecule has 0 heterocycles. The van der Waals surface area contributed by atoms with Crippen LogP contribution in [-0.2, 0) is 0 Å². The van der Waals surface area contributed by atoms with Crippen LogP contribution in [0.5, 0.6) is 0 Å². The number of likely N-dealkylation sites (N-methyl/N-ethyl adjacent to an activating group) is 1. The van der Waals surface area contributed by atoms with Gasteiger partial charge in [0.25, 0.3) is 0 Å². The lowest BCUT2D eigenvalue weighted by atomic mass is 9.82. The summed E-state index contributed by atoms with van der Waals surface area (Å²) in [6.45, 7) is 9.21. The molecule has 0 spiro atoms. The molecule has 2 atom stereocenters. The van der Waals surface area contributed by atoms with Gasteiger partial charge in [-0.15, -0.1) is 0 Å². The van der Waals surface area contributed by atoms with Crippen molar-refractivity contribution in [3.05, 3.63) is 0 Å². The average molecular weight is 295 g/mol. The van der Waals surface area contributed by atoms with Crippen LogP contribution >= 0.6 is 0 Å². The van der Waals surface area contributed by atoms with Crippen molar-refractivity contribution in [3.8, 4) is 0 Å². The van der Waals surface area contributed by atoms with Crippen LogP contribution in [0.25, 0.3) is 0 Å². The molecule has 2 nitrogen and oxygen atoms in total. The molecule has 2 heteroatoms. The highest BCUT2D eigenvalue weighted by atomic mass is 15.2. The Balaban J connectivity index is 2.10. The Labute approximate surface area is 132 Å². The standard InChI is InChI=1S/C19H38N2/c1-4-21(18-10-6-5-7-11-18)19(15-20)13-8-9-17(12-14-19)16(2)3/h16-18H,4-15,20H2,1-3H3. The third-order valence-corrected chi connectivity index (χ3v) is 6.49. The van der Waals surface area contributed by atoms with Crippen molar-refractivity contribution >= 4 is 0 Å². The first-order chi connectivity index (χ1) is 10.1. The van der Waals surface area contributed by atoms with Crippen molar-refractivity contribution < 1.29 is 0 Å². The zero-order valence-electron chi connectivity index (χ0n) is 14.7. The third kappa shape index (κ3) is 4.01. The van der Waals surface area contributed by atoms with Crippen LogP contribution in [-0.4, -0.2) is 29.6 Å². The first-order valence-electron chi connectivity index (χ1n) is 9.60. The largest absolute Gasteiger partial charge is 0.329 e. The predicted octanol–water partition coefficient (Wildman–Crippen LogP) is 4.57. The van der Waals surface area contributed by atoms with Gasteiger partial charge in [-0.2, -0.15) is 0 Å². The van der Waals surface area contributed by atoms with Gasteiger partial charge in [-0.05, 0) is 50.5 Å². The van der Waals surface area contributed by atoms with E-state index < -0.39 is 0 Å². The Morgan fingerprint density at radius 3 is 2.29 bits per heavy atom. The lowest BCUT2D eigenvalue weighted by molar-refractivity contribution is 0.0228. The zero-order chi connectivity index (χ0) is 15.3. The smallest absolute Gasteiger partial charge is 0.0334 e. The highest BCUT2D eigenvalue weighted by Crippen LogP contribution is 2.39. The fraction of sp³-hybridized carbons (Fsp3) is 1.00. The maximum absolute atomic E-state index is 6.37. The van der Waals surface area contributed by atoms with Gasteiger partial charge in [0.05, 0.1) is 0 Å². The molecule has 2 fully saturated rings. The molecule has 0 aromatic rings. The topological polar surface area (TPSA) is 29.3 Å². The van der Waals surface area contributed by atoms with E-state index in [-0.39, 0.29) is 0 Å². The van der Waals surface area contributed by atoms with Gasteiger partial charge in [-0.3, -0.25) is 4.90 Å². The molecule has 2 unspecified atom stereocenters. The van der Waals surface area contributed by atoms with Crippen molar-refractivity contribution in [2.24, 2.45) is 17.6 Å². The average Bonchev–Trinajstić information content (AvgIpc) is 2.73. The molecule has 2 saturated carbocycles. The fourth-order valence-corrected chi connectivity index (χ4v) is 5.07. The molecule has 0 aliphatic heterocycles. The van der Waals surface area contributed by atoms with Gasteiger partial charge in [-0.25, -0.2) is 0 Å². The number of rotatable bonds is 5. The van der Waals surface area contributed by atoms with Crippen LogP contribution in [0.1, 0.15) is 85.0 Å². The molecule has 2 N–H and O–H groups in total. The van der Waals surface area contributed by atoms with Crippen LogP contribution in [0, 0.1) is 11.8 Å². The van der Waals surface area contributed by atoms with Gasteiger partial charge in [0, 0.05) is 18.1 Å². The summed E-state index contributed by atoms with van der Waals surface area (Å²) in [6.07, 6.45) is 14.0. The van der Waals surface area contributed by atoms with E-state index in [0.29, 0.717) is 5.54 Å². The second-order valence-electron chi connectivity index (χ2n) is 7.94. The minimum absolute atomic E-state index is 0.306. The molecule has 0 radical (unpaired) electrons. The molecule has 2 aliphatic carbocycles. The molecule has 124 valence electrons. The Hall–Kier alpha value is -0.0800. The Kier molecular flexibility index (Phi) is 6.55. The van der Waals surface area contributed by atoms with E-state index in [0.717, 1.165) is 24.4 Å². The summed E-state index contributed by atoms with van der Waals surface area (Å²) in [5.74, 6) is 1.76. The summed E-state index contributed by atoms with van der Waals surface area (Å²) in [5.41, 5.74) is 6.68. The summed E-state index contributed by atoms with van der Waals surface area (Å²) >= 11 is 0. The molecular formula is C19H38N2. The molecule has 2 rings (SSSR count). The first kappa shape index (κ1) is 17.3. The van der Waals surface area contributed by atoms with Crippen LogP contribution in [0.2, 0.25) is 0 Å². The molecular weight excluding hydrogens is 256 g/mol. The minimum Gasteiger partial charge on any atom is -0.329 e. The molecule has 0 bridgehead atoms. The quantitative estimate of drug-likeness (QED) is 0.752. The second kappa shape index (κ2) is 7.97. The maximum Gasteiger partial charge on any atom is 0.0334 e. The summed E-state index contributed by atoms with van der Waals surface area (Å²) in [5, 5.41) is 0. The van der Waals surface area contributed by atoms with Gasteiger partial charge in [-0.1, -0.05) is 52.9 Å². The highest BCUT2D eigenvalue weighted by Gasteiger charge is 2.40. The normalized spacial score (nSPS) is 32.6. The van der Waals surface area contributed by atoms with Gasteiger partial charge < -0.3 is 5.73 Å². The molecule has 0 aromatic carbocycles. The van der Waals surface area contributed by atoms with Crippen LogP contribution in [0.15, 0.2) is 0 Å². The molecule has 21 heavy (non-hydrogen) atoms. The monoisotopic (exact) mass is 294 g/mol. The van der Waals surface area contributed by atoms with E-state index in [2.05, 4.69) is 25.7 Å².